The van der Waals surface area contributed by atoms with Crippen LogP contribution >= 0.6 is 0 Å². The van der Waals surface area contributed by atoms with Crippen LogP contribution in [0.25, 0.3) is 6.08 Å². The Kier molecular flexibility index (Phi) is 8.31. The monoisotopic (exact) mass is 218 g/mol. The van der Waals surface area contributed by atoms with E-state index in [1.807, 2.05) is 26.0 Å². The van der Waals surface area contributed by atoms with Gasteiger partial charge in [0, 0.05) is 6.20 Å². The first-order valence-corrected chi connectivity index (χ1v) is 5.14. The Morgan fingerprint density at radius 2 is 2.19 bits per heavy atom. The molecule has 0 saturated heterocycles. The molecule has 0 spiro atoms. The number of aromatic nitrogens is 2. The topological polar surface area (TPSA) is 37.9 Å². The number of allylic oxidation sites excluding steroid dienone is 3. The van der Waals surface area contributed by atoms with Crippen molar-refractivity contribution in [2.45, 2.75) is 13.8 Å². The highest BCUT2D eigenvalue weighted by atomic mass is 16.5. The average molecular weight is 218 g/mol. The van der Waals surface area contributed by atoms with Gasteiger partial charge < -0.3 is 4.74 Å². The largest absolute Gasteiger partial charge is 0.466 e. The quantitative estimate of drug-likeness (QED) is 0.604. The molecule has 0 saturated carbocycles. The van der Waals surface area contributed by atoms with Crippen molar-refractivity contribution in [1.29, 1.82) is 0 Å². The highest BCUT2D eigenvalue weighted by Crippen LogP contribution is 2.04. The summed E-state index contributed by atoms with van der Waals surface area (Å²) in [4.78, 5) is 0. The molecule has 0 amide bonds. The highest BCUT2D eigenvalue weighted by Gasteiger charge is 1.89. The number of aromatic amines is 1. The minimum atomic E-state index is 0.671. The number of nitrogens with zero attached hydrogens (tertiary/aromatic N) is 1. The van der Waals surface area contributed by atoms with Crippen LogP contribution in [0.5, 0.6) is 0 Å². The first kappa shape index (κ1) is 14.0. The zero-order valence-corrected chi connectivity index (χ0v) is 9.81. The van der Waals surface area contributed by atoms with Gasteiger partial charge >= 0.3 is 0 Å². The zero-order valence-electron chi connectivity index (χ0n) is 9.81. The Labute approximate surface area is 96.8 Å². The lowest BCUT2D eigenvalue weighted by molar-refractivity contribution is 0.370. The summed E-state index contributed by atoms with van der Waals surface area (Å²) in [7, 11) is 0. The molecule has 3 nitrogen and oxygen atoms in total. The fourth-order valence-electron chi connectivity index (χ4n) is 0.878. The molecule has 1 N–H and O–H groups in total. The van der Waals surface area contributed by atoms with Crippen LogP contribution in [-0.2, 0) is 4.74 Å². The van der Waals surface area contributed by atoms with Gasteiger partial charge in [0.2, 0.25) is 0 Å². The lowest BCUT2D eigenvalue weighted by Gasteiger charge is -1.97. The molecule has 0 atom stereocenters. The Bertz CT molecular complexity index is 348. The van der Waals surface area contributed by atoms with E-state index in [2.05, 4.69) is 23.4 Å². The second-order valence-electron chi connectivity index (χ2n) is 2.43. The maximum absolute atomic E-state index is 5.11. The standard InChI is InChI=1S/C11H12N2O.C2H6/c1-3-5-11(14-4-2)7-6-10-8-9-12-13-10;1-2/h3-9H,1-2H2,(H,12,13);1-2H3/b7-6+,11-5-;. The molecule has 0 bridgehead atoms. The molecule has 0 aliphatic rings. The van der Waals surface area contributed by atoms with Crippen LogP contribution in [0.3, 0.4) is 0 Å². The predicted molar refractivity (Wildman–Crippen MR) is 68.5 cm³/mol. The van der Waals surface area contributed by atoms with Crippen molar-refractivity contribution in [2.75, 3.05) is 0 Å². The molecule has 0 aliphatic heterocycles. The van der Waals surface area contributed by atoms with E-state index in [0.717, 1.165) is 5.69 Å². The maximum atomic E-state index is 5.11. The molecule has 16 heavy (non-hydrogen) atoms. The molecule has 86 valence electrons. The van der Waals surface area contributed by atoms with Gasteiger partial charge in [-0.1, -0.05) is 33.1 Å². The third-order valence-electron chi connectivity index (χ3n) is 1.45. The highest BCUT2D eigenvalue weighted by molar-refractivity contribution is 5.47. The first-order chi connectivity index (χ1) is 7.86. The van der Waals surface area contributed by atoms with Gasteiger partial charge in [-0.15, -0.1) is 0 Å². The summed E-state index contributed by atoms with van der Waals surface area (Å²) in [5.74, 6) is 0.671. The van der Waals surface area contributed by atoms with Gasteiger partial charge in [-0.25, -0.2) is 0 Å². The fourth-order valence-corrected chi connectivity index (χ4v) is 0.878. The molecule has 3 heteroatoms. The number of hydrogen-bond donors (Lipinski definition) is 1. The average Bonchev–Trinajstić information content (AvgIpc) is 2.82. The first-order valence-electron chi connectivity index (χ1n) is 5.14. The minimum absolute atomic E-state index is 0.671. The van der Waals surface area contributed by atoms with Crippen LogP contribution in [0.15, 0.2) is 55.7 Å². The molecule has 1 aromatic heterocycles. The van der Waals surface area contributed by atoms with Crippen LogP contribution in [0.4, 0.5) is 0 Å². The summed E-state index contributed by atoms with van der Waals surface area (Å²) in [6.07, 6.45) is 10.1. The second kappa shape index (κ2) is 9.52. The summed E-state index contributed by atoms with van der Waals surface area (Å²) in [6, 6.07) is 1.86. The molecular formula is C13H18N2O. The Morgan fingerprint density at radius 3 is 2.69 bits per heavy atom. The lowest BCUT2D eigenvalue weighted by atomic mass is 10.3. The zero-order chi connectivity index (χ0) is 12.2. The maximum Gasteiger partial charge on any atom is 0.126 e. The third kappa shape index (κ3) is 5.65. The second-order valence-corrected chi connectivity index (χ2v) is 2.43. The van der Waals surface area contributed by atoms with Crippen molar-refractivity contribution >= 4 is 6.08 Å². The van der Waals surface area contributed by atoms with E-state index < -0.39 is 0 Å². The van der Waals surface area contributed by atoms with E-state index in [1.165, 1.54) is 6.26 Å². The molecule has 0 fully saturated rings. The predicted octanol–water partition coefficient (Wildman–Crippen LogP) is 3.68. The number of H-pyrrole nitrogens is 1. The van der Waals surface area contributed by atoms with Gasteiger partial charge in [-0.3, -0.25) is 5.10 Å². The fraction of sp³-hybridized carbons (Fsp3) is 0.154. The van der Waals surface area contributed by atoms with Gasteiger partial charge in [-0.05, 0) is 24.3 Å². The number of rotatable bonds is 5. The van der Waals surface area contributed by atoms with Crippen LogP contribution < -0.4 is 0 Å². The summed E-state index contributed by atoms with van der Waals surface area (Å²) in [6.45, 7) is 11.1. The molecule has 0 radical (unpaired) electrons. The normalized spacial score (nSPS) is 10.5. The summed E-state index contributed by atoms with van der Waals surface area (Å²) >= 11 is 0. The molecule has 0 aliphatic carbocycles. The van der Waals surface area contributed by atoms with Crippen LogP contribution in [-0.4, -0.2) is 10.2 Å². The van der Waals surface area contributed by atoms with Crippen LogP contribution in [0.2, 0.25) is 0 Å². The van der Waals surface area contributed by atoms with E-state index in [-0.39, 0.29) is 0 Å². The van der Waals surface area contributed by atoms with Crippen molar-refractivity contribution in [2.24, 2.45) is 0 Å². The van der Waals surface area contributed by atoms with Crippen molar-refractivity contribution < 1.29 is 4.74 Å². The molecular weight excluding hydrogens is 200 g/mol. The van der Waals surface area contributed by atoms with Gasteiger partial charge in [0.1, 0.15) is 5.76 Å². The van der Waals surface area contributed by atoms with Gasteiger partial charge in [0.25, 0.3) is 0 Å². The van der Waals surface area contributed by atoms with Gasteiger partial charge in [0.05, 0.1) is 12.0 Å². The molecule has 1 aromatic rings. The van der Waals surface area contributed by atoms with Crippen molar-refractivity contribution in [3.63, 3.8) is 0 Å². The van der Waals surface area contributed by atoms with E-state index in [4.69, 9.17) is 4.74 Å². The van der Waals surface area contributed by atoms with E-state index in [9.17, 15) is 0 Å². The molecule has 1 rings (SSSR count). The van der Waals surface area contributed by atoms with Gasteiger partial charge in [0.15, 0.2) is 0 Å². The SMILES string of the molecule is C=C/C=C(/C=C/c1ccn[nH]1)OC=C.CC. The Hall–Kier alpha value is -2.03. The molecule has 1 heterocycles. The number of nitrogens with one attached hydrogen (secondary N) is 1. The van der Waals surface area contributed by atoms with Crippen molar-refractivity contribution in [3.8, 4) is 0 Å². The van der Waals surface area contributed by atoms with E-state index in [0.29, 0.717) is 5.76 Å². The number of hydrogen-bond acceptors (Lipinski definition) is 2. The van der Waals surface area contributed by atoms with E-state index >= 15 is 0 Å². The van der Waals surface area contributed by atoms with Crippen molar-refractivity contribution in [3.05, 3.63) is 61.4 Å². The van der Waals surface area contributed by atoms with Gasteiger partial charge in [-0.2, -0.15) is 5.10 Å². The molecule has 0 aromatic carbocycles. The Morgan fingerprint density at radius 1 is 1.44 bits per heavy atom. The Balaban J connectivity index is 0.00000106. The smallest absolute Gasteiger partial charge is 0.126 e. The summed E-state index contributed by atoms with van der Waals surface area (Å²) in [5.41, 5.74) is 0.910. The summed E-state index contributed by atoms with van der Waals surface area (Å²) in [5, 5.41) is 6.62. The van der Waals surface area contributed by atoms with E-state index in [1.54, 1.807) is 24.4 Å². The van der Waals surface area contributed by atoms with Crippen molar-refractivity contribution in [1.82, 2.24) is 10.2 Å². The lowest BCUT2D eigenvalue weighted by Crippen LogP contribution is -1.79. The minimum Gasteiger partial charge on any atom is -0.466 e. The van der Waals surface area contributed by atoms with Crippen LogP contribution in [0.1, 0.15) is 19.5 Å². The third-order valence-corrected chi connectivity index (χ3v) is 1.45. The van der Waals surface area contributed by atoms with Crippen LogP contribution in [0, 0.1) is 0 Å². The number of ether oxygens (including phenoxy) is 1. The molecule has 0 unspecified atom stereocenters. The summed E-state index contributed by atoms with van der Waals surface area (Å²) < 4.78 is 5.11.